The Balaban J connectivity index is 1.85. The van der Waals surface area contributed by atoms with Crippen molar-refractivity contribution in [3.63, 3.8) is 0 Å². The number of rotatable bonds is 5. The molecule has 0 unspecified atom stereocenters. The van der Waals surface area contributed by atoms with Crippen LogP contribution in [-0.4, -0.2) is 22.5 Å². The van der Waals surface area contributed by atoms with Crippen molar-refractivity contribution in [2.24, 2.45) is 5.10 Å². The van der Waals surface area contributed by atoms with Crippen LogP contribution in [0, 0.1) is 14.9 Å². The number of hydrazone groups is 1. The molecule has 0 aliphatic heterocycles. The SMILES string of the molecule is N#Cc1c(-c2ccccc2)nc(NN=Cc2ccc(I)c(OC(F)(F)F)c2)[nH]c1=O. The summed E-state index contributed by atoms with van der Waals surface area (Å²) in [7, 11) is 0. The summed E-state index contributed by atoms with van der Waals surface area (Å²) in [4.78, 5) is 18.8. The highest BCUT2D eigenvalue weighted by atomic mass is 127. The maximum atomic E-state index is 12.5. The molecule has 0 aliphatic carbocycles. The summed E-state index contributed by atoms with van der Waals surface area (Å²) < 4.78 is 41.6. The molecule has 1 heterocycles. The van der Waals surface area contributed by atoms with Crippen LogP contribution < -0.4 is 15.7 Å². The van der Waals surface area contributed by atoms with E-state index in [1.54, 1.807) is 59.0 Å². The number of hydrogen-bond donors (Lipinski definition) is 2. The fourth-order valence-corrected chi connectivity index (χ4v) is 2.85. The van der Waals surface area contributed by atoms with Gasteiger partial charge in [-0.1, -0.05) is 36.4 Å². The number of nitrogens with zero attached hydrogens (tertiary/aromatic N) is 3. The van der Waals surface area contributed by atoms with Crippen molar-refractivity contribution in [1.82, 2.24) is 9.97 Å². The minimum absolute atomic E-state index is 0.0358. The second-order valence-corrected chi connectivity index (χ2v) is 6.89. The Hall–Kier alpha value is -3.40. The summed E-state index contributed by atoms with van der Waals surface area (Å²) in [5.41, 5.74) is 2.77. The van der Waals surface area contributed by atoms with Gasteiger partial charge in [-0.05, 0) is 40.3 Å². The molecule has 152 valence electrons. The molecule has 0 atom stereocenters. The number of halogens is 4. The lowest BCUT2D eigenvalue weighted by atomic mass is 10.1. The van der Waals surface area contributed by atoms with Crippen molar-refractivity contribution in [2.45, 2.75) is 6.36 Å². The molecule has 0 saturated carbocycles. The number of H-pyrrole nitrogens is 1. The Morgan fingerprint density at radius 1 is 1.23 bits per heavy atom. The highest BCUT2D eigenvalue weighted by Gasteiger charge is 2.32. The van der Waals surface area contributed by atoms with Gasteiger partial charge in [0.2, 0.25) is 5.95 Å². The van der Waals surface area contributed by atoms with E-state index in [2.05, 4.69) is 25.2 Å². The number of aromatic amines is 1. The van der Waals surface area contributed by atoms with Gasteiger partial charge in [-0.2, -0.15) is 10.4 Å². The van der Waals surface area contributed by atoms with Gasteiger partial charge in [0.25, 0.3) is 5.56 Å². The standard InChI is InChI=1S/C19H11F3IN5O2/c20-19(21,22)30-15-8-11(6-7-14(15)23)10-25-28-18-26-16(12-4-2-1-3-5-12)13(9-24)17(29)27-18/h1-8,10H,(H2,26,27,28,29). The molecule has 30 heavy (non-hydrogen) atoms. The maximum Gasteiger partial charge on any atom is 0.573 e. The van der Waals surface area contributed by atoms with Crippen molar-refractivity contribution in [3.8, 4) is 23.1 Å². The lowest BCUT2D eigenvalue weighted by Gasteiger charge is -2.10. The van der Waals surface area contributed by atoms with Gasteiger partial charge in [0.05, 0.1) is 15.5 Å². The van der Waals surface area contributed by atoms with Crippen LogP contribution in [-0.2, 0) is 0 Å². The van der Waals surface area contributed by atoms with Crippen LogP contribution in [0.1, 0.15) is 11.1 Å². The van der Waals surface area contributed by atoms with E-state index in [0.717, 1.165) is 0 Å². The molecule has 7 nitrogen and oxygen atoms in total. The molecular weight excluding hydrogens is 514 g/mol. The molecule has 2 N–H and O–H groups in total. The van der Waals surface area contributed by atoms with Crippen molar-refractivity contribution < 1.29 is 17.9 Å². The third-order valence-electron chi connectivity index (χ3n) is 3.64. The molecule has 1 aromatic heterocycles. The number of hydrogen-bond acceptors (Lipinski definition) is 6. The van der Waals surface area contributed by atoms with Crippen LogP contribution in [0.3, 0.4) is 0 Å². The molecule has 0 spiro atoms. The van der Waals surface area contributed by atoms with Crippen LogP contribution in [0.5, 0.6) is 5.75 Å². The number of benzene rings is 2. The van der Waals surface area contributed by atoms with Gasteiger partial charge in [-0.3, -0.25) is 9.78 Å². The minimum atomic E-state index is -4.81. The van der Waals surface area contributed by atoms with Crippen LogP contribution in [0.4, 0.5) is 19.1 Å². The Bertz CT molecular complexity index is 1190. The zero-order chi connectivity index (χ0) is 21.7. The molecular formula is C19H11F3IN5O2. The van der Waals surface area contributed by atoms with Gasteiger partial charge < -0.3 is 4.74 Å². The Morgan fingerprint density at radius 3 is 2.63 bits per heavy atom. The van der Waals surface area contributed by atoms with Gasteiger partial charge >= 0.3 is 6.36 Å². The number of anilines is 1. The molecule has 3 aromatic rings. The minimum Gasteiger partial charge on any atom is -0.405 e. The van der Waals surface area contributed by atoms with Crippen LogP contribution in [0.25, 0.3) is 11.3 Å². The lowest BCUT2D eigenvalue weighted by Crippen LogP contribution is -2.18. The van der Waals surface area contributed by atoms with Gasteiger partial charge in [0.15, 0.2) is 0 Å². The van der Waals surface area contributed by atoms with E-state index in [1.165, 1.54) is 18.3 Å². The topological polar surface area (TPSA) is 103 Å². The van der Waals surface area contributed by atoms with Crippen LogP contribution in [0.15, 0.2) is 58.4 Å². The number of nitrogens with one attached hydrogen (secondary N) is 2. The molecule has 3 rings (SSSR count). The van der Waals surface area contributed by atoms with Crippen LogP contribution in [0.2, 0.25) is 0 Å². The predicted molar refractivity (Wildman–Crippen MR) is 112 cm³/mol. The average Bonchev–Trinajstić information content (AvgIpc) is 2.69. The fraction of sp³-hybridized carbons (Fsp3) is 0.0526. The van der Waals surface area contributed by atoms with E-state index in [1.807, 2.05) is 6.07 Å². The fourth-order valence-electron chi connectivity index (χ4n) is 2.41. The Morgan fingerprint density at radius 2 is 1.97 bits per heavy atom. The van der Waals surface area contributed by atoms with Gasteiger partial charge in [0.1, 0.15) is 17.4 Å². The first-order valence-electron chi connectivity index (χ1n) is 8.21. The second kappa shape index (κ2) is 8.95. The summed E-state index contributed by atoms with van der Waals surface area (Å²) in [6.07, 6.45) is -3.58. The molecule has 0 bridgehead atoms. The summed E-state index contributed by atoms with van der Waals surface area (Å²) in [5.74, 6) is -0.394. The number of alkyl halides is 3. The molecule has 0 fully saturated rings. The number of ether oxygens (including phenoxy) is 1. The summed E-state index contributed by atoms with van der Waals surface area (Å²) in [6.45, 7) is 0. The van der Waals surface area contributed by atoms with Crippen molar-refractivity contribution in [2.75, 3.05) is 5.43 Å². The first kappa shape index (κ1) is 21.3. The van der Waals surface area contributed by atoms with Gasteiger partial charge in [-0.25, -0.2) is 10.4 Å². The number of aromatic nitrogens is 2. The van der Waals surface area contributed by atoms with E-state index in [4.69, 9.17) is 0 Å². The monoisotopic (exact) mass is 525 g/mol. The third-order valence-corrected chi connectivity index (χ3v) is 4.53. The first-order valence-corrected chi connectivity index (χ1v) is 9.29. The smallest absolute Gasteiger partial charge is 0.405 e. The maximum absolute atomic E-state index is 12.5. The zero-order valence-electron chi connectivity index (χ0n) is 14.9. The average molecular weight is 525 g/mol. The lowest BCUT2D eigenvalue weighted by molar-refractivity contribution is -0.274. The number of nitriles is 1. The molecule has 11 heteroatoms. The predicted octanol–water partition coefficient (Wildman–Crippen LogP) is 4.26. The Kier molecular flexibility index (Phi) is 6.36. The largest absolute Gasteiger partial charge is 0.573 e. The molecule has 0 aliphatic rings. The van der Waals surface area contributed by atoms with Crippen molar-refractivity contribution >= 4 is 34.8 Å². The summed E-state index contributed by atoms with van der Waals surface area (Å²) in [6, 6.07) is 14.6. The second-order valence-electron chi connectivity index (χ2n) is 5.72. The van der Waals surface area contributed by atoms with Crippen molar-refractivity contribution in [1.29, 1.82) is 5.26 Å². The van der Waals surface area contributed by atoms with E-state index in [-0.39, 0.29) is 26.5 Å². The highest BCUT2D eigenvalue weighted by Crippen LogP contribution is 2.28. The van der Waals surface area contributed by atoms with E-state index < -0.39 is 11.9 Å². The zero-order valence-corrected chi connectivity index (χ0v) is 17.0. The van der Waals surface area contributed by atoms with Crippen molar-refractivity contribution in [3.05, 3.63) is 73.6 Å². The molecule has 2 aromatic carbocycles. The van der Waals surface area contributed by atoms with E-state index in [0.29, 0.717) is 11.1 Å². The van der Waals surface area contributed by atoms with E-state index >= 15 is 0 Å². The Labute approximate surface area is 181 Å². The molecule has 0 radical (unpaired) electrons. The van der Waals surface area contributed by atoms with Gasteiger partial charge in [-0.15, -0.1) is 13.2 Å². The normalized spacial score (nSPS) is 11.3. The molecule has 0 saturated heterocycles. The quantitative estimate of drug-likeness (QED) is 0.295. The first-order chi connectivity index (χ1) is 14.3. The van der Waals surface area contributed by atoms with Crippen LogP contribution >= 0.6 is 22.6 Å². The summed E-state index contributed by atoms with van der Waals surface area (Å²) >= 11 is 1.72. The van der Waals surface area contributed by atoms with E-state index in [9.17, 15) is 23.2 Å². The molecule has 0 amide bonds. The summed E-state index contributed by atoms with van der Waals surface area (Å²) in [5, 5.41) is 13.1. The highest BCUT2D eigenvalue weighted by molar-refractivity contribution is 14.1. The third kappa shape index (κ3) is 5.35. The van der Waals surface area contributed by atoms with Gasteiger partial charge in [0, 0.05) is 5.56 Å².